The molecule has 2 amide bonds. The summed E-state index contributed by atoms with van der Waals surface area (Å²) in [5, 5.41) is 19.2. The van der Waals surface area contributed by atoms with Gasteiger partial charge in [0.15, 0.2) is 0 Å². The highest BCUT2D eigenvalue weighted by Gasteiger charge is 2.34. The lowest BCUT2D eigenvalue weighted by atomic mass is 10.00. The first-order valence-corrected chi connectivity index (χ1v) is 12.0. The molecule has 2 aliphatic heterocycles. The maximum atomic E-state index is 13.4. The Balaban J connectivity index is 1.85. The number of pyridine rings is 1. The SMILES string of the molecule is C[C@@H]1CN([C@H](C)CO)C(=O)c2cc(C#C[C@@H](C)O)cnc2O[C@@H]1CN(C)C(=O)CN1CCOCC1. The van der Waals surface area contributed by atoms with Crippen LogP contribution >= 0.6 is 0 Å². The third kappa shape index (κ3) is 7.15. The molecule has 0 unspecified atom stereocenters. The van der Waals surface area contributed by atoms with Crippen molar-refractivity contribution in [3.8, 4) is 17.7 Å². The van der Waals surface area contributed by atoms with Gasteiger partial charge in [0.05, 0.1) is 39.0 Å². The zero-order valence-corrected chi connectivity index (χ0v) is 20.9. The van der Waals surface area contributed by atoms with Gasteiger partial charge in [-0.15, -0.1) is 0 Å². The highest BCUT2D eigenvalue weighted by Crippen LogP contribution is 2.27. The number of hydrogen-bond acceptors (Lipinski definition) is 8. The van der Waals surface area contributed by atoms with Gasteiger partial charge in [-0.3, -0.25) is 14.5 Å². The van der Waals surface area contributed by atoms with Crippen molar-refractivity contribution in [3.63, 3.8) is 0 Å². The summed E-state index contributed by atoms with van der Waals surface area (Å²) in [4.78, 5) is 36.0. The van der Waals surface area contributed by atoms with Gasteiger partial charge in [0.2, 0.25) is 11.8 Å². The van der Waals surface area contributed by atoms with Crippen LogP contribution in [0.1, 0.15) is 36.7 Å². The number of aromatic nitrogens is 1. The second-order valence-electron chi connectivity index (χ2n) is 9.31. The molecule has 10 heteroatoms. The number of nitrogens with zero attached hydrogens (tertiary/aromatic N) is 4. The molecule has 2 aliphatic rings. The third-order valence-corrected chi connectivity index (χ3v) is 6.29. The minimum atomic E-state index is -0.814. The molecular weight excluding hydrogens is 452 g/mol. The number of rotatable bonds is 6. The van der Waals surface area contributed by atoms with Crippen molar-refractivity contribution in [2.24, 2.45) is 5.92 Å². The van der Waals surface area contributed by atoms with Gasteiger partial charge in [-0.05, 0) is 19.9 Å². The highest BCUT2D eigenvalue weighted by molar-refractivity contribution is 5.97. The summed E-state index contributed by atoms with van der Waals surface area (Å²) in [6.07, 6.45) is 0.263. The van der Waals surface area contributed by atoms with Crippen LogP contribution in [0.5, 0.6) is 5.88 Å². The van der Waals surface area contributed by atoms with Gasteiger partial charge in [0, 0.05) is 44.4 Å². The summed E-state index contributed by atoms with van der Waals surface area (Å²) in [7, 11) is 1.75. The van der Waals surface area contributed by atoms with Crippen molar-refractivity contribution in [3.05, 3.63) is 23.4 Å². The van der Waals surface area contributed by atoms with Crippen LogP contribution in [0.3, 0.4) is 0 Å². The Morgan fingerprint density at radius 3 is 2.71 bits per heavy atom. The topological polar surface area (TPSA) is 116 Å². The number of amides is 2. The molecule has 1 aromatic heterocycles. The van der Waals surface area contributed by atoms with Crippen LogP contribution < -0.4 is 4.74 Å². The lowest BCUT2D eigenvalue weighted by Crippen LogP contribution is -2.51. The molecule has 0 spiro atoms. The van der Waals surface area contributed by atoms with Gasteiger partial charge in [-0.25, -0.2) is 4.98 Å². The first-order valence-electron chi connectivity index (χ1n) is 12.0. The highest BCUT2D eigenvalue weighted by atomic mass is 16.5. The normalized spacial score (nSPS) is 22.6. The van der Waals surface area contributed by atoms with E-state index in [1.807, 2.05) is 6.92 Å². The molecule has 192 valence electrons. The number of likely N-dealkylation sites (N-methyl/N-ethyl adjacent to an activating group) is 1. The van der Waals surface area contributed by atoms with Gasteiger partial charge >= 0.3 is 0 Å². The van der Waals surface area contributed by atoms with Crippen molar-refractivity contribution < 1.29 is 29.3 Å². The Morgan fingerprint density at radius 1 is 1.34 bits per heavy atom. The molecule has 35 heavy (non-hydrogen) atoms. The average Bonchev–Trinajstić information content (AvgIpc) is 2.84. The Morgan fingerprint density at radius 2 is 2.06 bits per heavy atom. The van der Waals surface area contributed by atoms with Crippen molar-refractivity contribution in [1.82, 2.24) is 19.7 Å². The molecule has 1 aromatic rings. The van der Waals surface area contributed by atoms with E-state index in [2.05, 4.69) is 21.7 Å². The molecule has 2 N–H and O–H groups in total. The van der Waals surface area contributed by atoms with E-state index in [-0.39, 0.29) is 35.8 Å². The smallest absolute Gasteiger partial charge is 0.259 e. The van der Waals surface area contributed by atoms with Crippen LogP contribution in [0.4, 0.5) is 0 Å². The summed E-state index contributed by atoms with van der Waals surface area (Å²) < 4.78 is 11.6. The van der Waals surface area contributed by atoms with Gasteiger partial charge in [0.25, 0.3) is 5.91 Å². The van der Waals surface area contributed by atoms with Crippen LogP contribution in [0.25, 0.3) is 0 Å². The zero-order chi connectivity index (χ0) is 25.5. The molecule has 0 aromatic carbocycles. The quantitative estimate of drug-likeness (QED) is 0.530. The number of aliphatic hydroxyl groups is 2. The molecule has 1 fully saturated rings. The number of hydrogen-bond donors (Lipinski definition) is 2. The first kappa shape index (κ1) is 26.9. The van der Waals surface area contributed by atoms with Gasteiger partial charge in [-0.1, -0.05) is 18.8 Å². The van der Waals surface area contributed by atoms with E-state index in [9.17, 15) is 19.8 Å². The van der Waals surface area contributed by atoms with E-state index in [4.69, 9.17) is 9.47 Å². The Kier molecular flexibility index (Phi) is 9.46. The minimum Gasteiger partial charge on any atom is -0.472 e. The summed E-state index contributed by atoms with van der Waals surface area (Å²) in [6, 6.07) is 1.18. The summed E-state index contributed by atoms with van der Waals surface area (Å²) in [6.45, 7) is 8.79. The molecular formula is C25H36N4O6. The molecule has 0 bridgehead atoms. The van der Waals surface area contributed by atoms with Crippen molar-refractivity contribution >= 4 is 11.8 Å². The fraction of sp³-hybridized carbons (Fsp3) is 0.640. The summed E-state index contributed by atoms with van der Waals surface area (Å²) in [5.41, 5.74) is 0.711. The van der Waals surface area contributed by atoms with Crippen molar-refractivity contribution in [2.45, 2.75) is 39.0 Å². The van der Waals surface area contributed by atoms with Crippen LogP contribution in [-0.4, -0.2) is 120 Å². The maximum absolute atomic E-state index is 13.4. The summed E-state index contributed by atoms with van der Waals surface area (Å²) in [5.74, 6) is 5.17. The molecule has 4 atom stereocenters. The molecule has 0 aliphatic carbocycles. The van der Waals surface area contributed by atoms with E-state index in [0.29, 0.717) is 38.4 Å². The van der Waals surface area contributed by atoms with E-state index in [0.717, 1.165) is 13.1 Å². The van der Waals surface area contributed by atoms with E-state index < -0.39 is 18.2 Å². The van der Waals surface area contributed by atoms with E-state index in [1.165, 1.54) is 6.20 Å². The molecule has 0 radical (unpaired) electrons. The largest absolute Gasteiger partial charge is 0.472 e. The third-order valence-electron chi connectivity index (χ3n) is 6.29. The molecule has 10 nitrogen and oxygen atoms in total. The fourth-order valence-corrected chi connectivity index (χ4v) is 4.02. The van der Waals surface area contributed by atoms with Crippen LogP contribution in [-0.2, 0) is 9.53 Å². The molecule has 0 saturated carbocycles. The maximum Gasteiger partial charge on any atom is 0.259 e. The number of aliphatic hydroxyl groups excluding tert-OH is 2. The number of fused-ring (bicyclic) bond motifs is 1. The summed E-state index contributed by atoms with van der Waals surface area (Å²) >= 11 is 0. The number of morpholine rings is 1. The second-order valence-corrected chi connectivity index (χ2v) is 9.31. The Bertz CT molecular complexity index is 953. The number of carbonyl (C=O) groups excluding carboxylic acids is 2. The molecule has 3 heterocycles. The van der Waals surface area contributed by atoms with Crippen LogP contribution in [0.2, 0.25) is 0 Å². The van der Waals surface area contributed by atoms with Crippen LogP contribution in [0.15, 0.2) is 12.3 Å². The first-order chi connectivity index (χ1) is 16.7. The molecule has 3 rings (SSSR count). The monoisotopic (exact) mass is 488 g/mol. The second kappa shape index (κ2) is 12.3. The Labute approximate surface area is 206 Å². The number of ether oxygens (including phenoxy) is 2. The predicted octanol–water partition coefficient (Wildman–Crippen LogP) is -0.175. The van der Waals surface area contributed by atoms with Gasteiger partial charge in [-0.2, -0.15) is 0 Å². The minimum absolute atomic E-state index is 0.0154. The lowest BCUT2D eigenvalue weighted by molar-refractivity contribution is -0.133. The standard InChI is InChI=1S/C25H36N4O6/c1-17-13-29(18(2)16-30)25(33)21-11-20(6-5-19(3)31)12-26-24(21)35-22(17)14-27(4)23(32)15-28-7-9-34-10-8-28/h11-12,17-19,22,30-31H,7-10,13-16H2,1-4H3/t17-,18-,19-,22-/m1/s1. The predicted molar refractivity (Wildman–Crippen MR) is 129 cm³/mol. The Hall–Kier alpha value is -2.71. The lowest BCUT2D eigenvalue weighted by Gasteiger charge is -2.38. The van der Waals surface area contributed by atoms with E-state index >= 15 is 0 Å². The average molecular weight is 489 g/mol. The van der Waals surface area contributed by atoms with Crippen molar-refractivity contribution in [2.75, 3.05) is 59.6 Å². The number of carbonyl (C=O) groups is 2. The van der Waals surface area contributed by atoms with E-state index in [1.54, 1.807) is 36.8 Å². The van der Waals surface area contributed by atoms with Crippen LogP contribution in [0, 0.1) is 17.8 Å². The van der Waals surface area contributed by atoms with Gasteiger partial charge < -0.3 is 29.5 Å². The molecule has 1 saturated heterocycles. The fourth-order valence-electron chi connectivity index (χ4n) is 4.02. The van der Waals surface area contributed by atoms with Crippen molar-refractivity contribution in [1.29, 1.82) is 0 Å². The zero-order valence-electron chi connectivity index (χ0n) is 20.9. The van der Waals surface area contributed by atoms with Gasteiger partial charge in [0.1, 0.15) is 17.8 Å².